The predicted octanol–water partition coefficient (Wildman–Crippen LogP) is 0.329. The third-order valence-electron chi connectivity index (χ3n) is 3.19. The Labute approximate surface area is 113 Å². The number of carbonyl (C=O) groups excluding carboxylic acids is 1. The average molecular weight is 276 g/mol. The van der Waals surface area contributed by atoms with Gasteiger partial charge in [-0.25, -0.2) is 0 Å². The van der Waals surface area contributed by atoms with Crippen molar-refractivity contribution in [2.24, 2.45) is 0 Å². The summed E-state index contributed by atoms with van der Waals surface area (Å²) in [6, 6.07) is 0. The van der Waals surface area contributed by atoms with Crippen molar-refractivity contribution in [1.82, 2.24) is 0 Å². The van der Waals surface area contributed by atoms with E-state index >= 15 is 0 Å². The molecule has 0 bridgehead atoms. The quantitative estimate of drug-likeness (QED) is 0.458. The van der Waals surface area contributed by atoms with E-state index in [0.717, 1.165) is 32.1 Å². The summed E-state index contributed by atoms with van der Waals surface area (Å²) in [6.45, 7) is 1.96. The summed E-state index contributed by atoms with van der Waals surface area (Å²) in [5.41, 5.74) is 0. The lowest BCUT2D eigenvalue weighted by Crippen LogP contribution is -2.54. The minimum absolute atomic E-state index is 0.160. The first-order valence-corrected chi connectivity index (χ1v) is 6.91. The second-order valence-corrected chi connectivity index (χ2v) is 4.90. The van der Waals surface area contributed by atoms with Crippen LogP contribution in [0.2, 0.25) is 0 Å². The molecule has 6 heteroatoms. The van der Waals surface area contributed by atoms with E-state index < -0.39 is 30.6 Å². The number of carbonyl (C=O) groups is 1. The number of unbranched alkanes of at least 4 members (excludes halogenated alkanes) is 4. The van der Waals surface area contributed by atoms with Gasteiger partial charge in [0.15, 0.2) is 0 Å². The molecule has 0 radical (unpaired) electrons. The van der Waals surface area contributed by atoms with Crippen LogP contribution >= 0.6 is 0 Å². The number of rotatable bonds is 7. The summed E-state index contributed by atoms with van der Waals surface area (Å²) >= 11 is 0. The molecule has 3 N–H and O–H groups in total. The van der Waals surface area contributed by atoms with Crippen molar-refractivity contribution < 1.29 is 29.6 Å². The van der Waals surface area contributed by atoms with Gasteiger partial charge in [-0.15, -0.1) is 0 Å². The Hall–Kier alpha value is -0.690. The van der Waals surface area contributed by atoms with Crippen molar-refractivity contribution in [3.63, 3.8) is 0 Å². The number of hydrogen-bond acceptors (Lipinski definition) is 6. The average Bonchev–Trinajstić information content (AvgIpc) is 2.39. The van der Waals surface area contributed by atoms with Crippen LogP contribution < -0.4 is 0 Å². The van der Waals surface area contributed by atoms with Crippen LogP contribution in [0.25, 0.3) is 0 Å². The molecule has 1 aliphatic rings. The van der Waals surface area contributed by atoms with Crippen molar-refractivity contribution in [2.45, 2.75) is 70.1 Å². The highest BCUT2D eigenvalue weighted by Gasteiger charge is 2.39. The van der Waals surface area contributed by atoms with Gasteiger partial charge in [-0.2, -0.15) is 0 Å². The standard InChI is InChI=1S/C13H24O6/c1-2-3-4-5-6-7-10(15)19-13-12(17)11(16)9(14)8-18-13/h9,11-14,16-17H,2-8H2,1H3/t9-,11+,12-,13?/m1/s1. The molecule has 1 fully saturated rings. The molecule has 0 aliphatic carbocycles. The van der Waals surface area contributed by atoms with Gasteiger partial charge in [0.05, 0.1) is 6.61 Å². The Morgan fingerprint density at radius 1 is 1.16 bits per heavy atom. The van der Waals surface area contributed by atoms with Crippen LogP contribution in [-0.2, 0) is 14.3 Å². The van der Waals surface area contributed by atoms with Gasteiger partial charge in [-0.05, 0) is 6.42 Å². The molecule has 6 nitrogen and oxygen atoms in total. The molecule has 0 saturated carbocycles. The van der Waals surface area contributed by atoms with E-state index in [2.05, 4.69) is 6.92 Å². The van der Waals surface area contributed by atoms with E-state index in [-0.39, 0.29) is 13.0 Å². The highest BCUT2D eigenvalue weighted by molar-refractivity contribution is 5.69. The van der Waals surface area contributed by atoms with Crippen LogP contribution in [0.5, 0.6) is 0 Å². The third-order valence-corrected chi connectivity index (χ3v) is 3.19. The van der Waals surface area contributed by atoms with Gasteiger partial charge in [0, 0.05) is 6.42 Å². The van der Waals surface area contributed by atoms with Gasteiger partial charge in [0.25, 0.3) is 0 Å². The van der Waals surface area contributed by atoms with E-state index in [9.17, 15) is 20.1 Å². The SMILES string of the molecule is CCCCCCCC(=O)OC1OC[C@@H](O)[C@H](O)[C@H]1O. The number of aliphatic hydroxyl groups excluding tert-OH is 3. The Kier molecular flexibility index (Phi) is 7.30. The summed E-state index contributed by atoms with van der Waals surface area (Å²) in [7, 11) is 0. The van der Waals surface area contributed by atoms with Gasteiger partial charge in [-0.3, -0.25) is 4.79 Å². The normalized spacial score (nSPS) is 31.2. The third kappa shape index (κ3) is 5.44. The Bertz CT molecular complexity index is 270. The summed E-state index contributed by atoms with van der Waals surface area (Å²) in [5.74, 6) is -0.455. The molecule has 1 saturated heterocycles. The van der Waals surface area contributed by atoms with Crippen LogP contribution in [0.15, 0.2) is 0 Å². The van der Waals surface area contributed by atoms with Gasteiger partial charge in [-0.1, -0.05) is 32.6 Å². The van der Waals surface area contributed by atoms with Crippen molar-refractivity contribution in [1.29, 1.82) is 0 Å². The Morgan fingerprint density at radius 3 is 2.53 bits per heavy atom. The molecule has 0 aromatic carbocycles. The van der Waals surface area contributed by atoms with Crippen molar-refractivity contribution in [3.05, 3.63) is 0 Å². The van der Waals surface area contributed by atoms with Crippen LogP contribution in [0.4, 0.5) is 0 Å². The lowest BCUT2D eigenvalue weighted by molar-refractivity contribution is -0.262. The van der Waals surface area contributed by atoms with Gasteiger partial charge in [0.2, 0.25) is 6.29 Å². The molecule has 112 valence electrons. The topological polar surface area (TPSA) is 96.2 Å². The minimum atomic E-state index is -1.41. The lowest BCUT2D eigenvalue weighted by Gasteiger charge is -2.34. The zero-order valence-corrected chi connectivity index (χ0v) is 11.3. The first-order valence-electron chi connectivity index (χ1n) is 6.91. The molecular weight excluding hydrogens is 252 g/mol. The van der Waals surface area contributed by atoms with Crippen molar-refractivity contribution >= 4 is 5.97 Å². The fourth-order valence-corrected chi connectivity index (χ4v) is 1.94. The van der Waals surface area contributed by atoms with E-state index in [0.29, 0.717) is 0 Å². The van der Waals surface area contributed by atoms with Crippen molar-refractivity contribution in [2.75, 3.05) is 6.61 Å². The summed E-state index contributed by atoms with van der Waals surface area (Å²) in [4.78, 5) is 11.5. The molecule has 1 aliphatic heterocycles. The molecule has 1 rings (SSSR count). The van der Waals surface area contributed by atoms with Crippen LogP contribution in [0.1, 0.15) is 45.4 Å². The fourth-order valence-electron chi connectivity index (χ4n) is 1.94. The van der Waals surface area contributed by atoms with Crippen molar-refractivity contribution in [3.8, 4) is 0 Å². The molecule has 4 atom stereocenters. The molecule has 0 amide bonds. The molecular formula is C13H24O6. The first-order chi connectivity index (χ1) is 9.06. The fraction of sp³-hybridized carbons (Fsp3) is 0.923. The zero-order chi connectivity index (χ0) is 14.3. The Balaban J connectivity index is 2.21. The van der Waals surface area contributed by atoms with Gasteiger partial charge < -0.3 is 24.8 Å². The second-order valence-electron chi connectivity index (χ2n) is 4.90. The van der Waals surface area contributed by atoms with E-state index in [1.54, 1.807) is 0 Å². The zero-order valence-electron chi connectivity index (χ0n) is 11.3. The number of ether oxygens (including phenoxy) is 2. The molecule has 1 heterocycles. The summed E-state index contributed by atoms with van der Waals surface area (Å²) in [6.07, 6.45) is 0.276. The Morgan fingerprint density at radius 2 is 1.84 bits per heavy atom. The summed E-state index contributed by atoms with van der Waals surface area (Å²) < 4.78 is 9.93. The highest BCUT2D eigenvalue weighted by Crippen LogP contribution is 2.17. The minimum Gasteiger partial charge on any atom is -0.433 e. The molecule has 0 spiro atoms. The van der Waals surface area contributed by atoms with Gasteiger partial charge in [0.1, 0.15) is 18.3 Å². The molecule has 1 unspecified atom stereocenters. The monoisotopic (exact) mass is 276 g/mol. The number of esters is 1. The molecule has 19 heavy (non-hydrogen) atoms. The maximum atomic E-state index is 11.5. The van der Waals surface area contributed by atoms with Crippen LogP contribution in [0.3, 0.4) is 0 Å². The summed E-state index contributed by atoms with van der Waals surface area (Å²) in [5, 5.41) is 28.3. The lowest BCUT2D eigenvalue weighted by atomic mass is 10.1. The second kappa shape index (κ2) is 8.47. The highest BCUT2D eigenvalue weighted by atomic mass is 16.7. The van der Waals surface area contributed by atoms with Gasteiger partial charge >= 0.3 is 5.97 Å². The maximum absolute atomic E-state index is 11.5. The number of aliphatic hydroxyl groups is 3. The van der Waals surface area contributed by atoms with Crippen LogP contribution in [-0.4, -0.2) is 52.5 Å². The maximum Gasteiger partial charge on any atom is 0.308 e. The van der Waals surface area contributed by atoms with E-state index in [1.807, 2.05) is 0 Å². The smallest absolute Gasteiger partial charge is 0.308 e. The van der Waals surface area contributed by atoms with E-state index in [1.165, 1.54) is 0 Å². The molecule has 0 aromatic heterocycles. The largest absolute Gasteiger partial charge is 0.433 e. The molecule has 0 aromatic rings. The first kappa shape index (κ1) is 16.4. The number of hydrogen-bond donors (Lipinski definition) is 3. The van der Waals surface area contributed by atoms with E-state index in [4.69, 9.17) is 9.47 Å². The van der Waals surface area contributed by atoms with Crippen LogP contribution in [0, 0.1) is 0 Å². The predicted molar refractivity (Wildman–Crippen MR) is 67.2 cm³/mol.